The molecule has 2 heteroatoms. The number of hydrogen-bond donors (Lipinski definition) is 0. The van der Waals surface area contributed by atoms with Gasteiger partial charge in [0.05, 0.1) is 5.69 Å². The maximum atomic E-state index is 2.61. The molecule has 9 rings (SSSR count). The van der Waals surface area contributed by atoms with Gasteiger partial charge >= 0.3 is 0 Å². The molecule has 0 saturated carbocycles. The standard InChI is InChI=1S/C46H41NS/c1-44(2,3)40-38-32-20-11-14-22-34(32)45(4,5)41(38)43(42-39(40)33-21-12-15-23-35(33)46(42,6)7)47(28-17-9-8-10-18-28)29-25-26-31-30-19-13-16-24-36(30)48-37(31)27-29/h8-27H,1-7H3. The molecule has 0 spiro atoms. The third kappa shape index (κ3) is 3.90. The predicted molar refractivity (Wildman–Crippen MR) is 208 cm³/mol. The fourth-order valence-corrected chi connectivity index (χ4v) is 10.2. The van der Waals surface area contributed by atoms with E-state index in [-0.39, 0.29) is 16.2 Å². The van der Waals surface area contributed by atoms with Crippen molar-refractivity contribution in [2.75, 3.05) is 4.90 Å². The quantitative estimate of drug-likeness (QED) is 0.186. The Bertz CT molecular complexity index is 2350. The highest BCUT2D eigenvalue weighted by molar-refractivity contribution is 7.25. The van der Waals surface area contributed by atoms with Gasteiger partial charge < -0.3 is 4.90 Å². The van der Waals surface area contributed by atoms with E-state index in [0.29, 0.717) is 0 Å². The van der Waals surface area contributed by atoms with Crippen molar-refractivity contribution in [2.24, 2.45) is 0 Å². The van der Waals surface area contributed by atoms with Gasteiger partial charge in [-0.25, -0.2) is 0 Å². The Morgan fingerprint density at radius 1 is 0.521 bits per heavy atom. The number of benzene rings is 6. The summed E-state index contributed by atoms with van der Waals surface area (Å²) < 4.78 is 2.65. The summed E-state index contributed by atoms with van der Waals surface area (Å²) in [6.07, 6.45) is 0. The highest BCUT2D eigenvalue weighted by Gasteiger charge is 2.50. The van der Waals surface area contributed by atoms with E-state index < -0.39 is 0 Å². The number of anilines is 3. The van der Waals surface area contributed by atoms with Crippen molar-refractivity contribution in [2.45, 2.75) is 64.7 Å². The van der Waals surface area contributed by atoms with E-state index >= 15 is 0 Å². The van der Waals surface area contributed by atoms with Crippen LogP contribution in [0.25, 0.3) is 42.4 Å². The summed E-state index contributed by atoms with van der Waals surface area (Å²) in [6, 6.07) is 45.4. The lowest BCUT2D eigenvalue weighted by atomic mass is 9.71. The maximum Gasteiger partial charge on any atom is 0.0556 e. The number of fused-ring (bicyclic) bond motifs is 9. The molecule has 2 aliphatic rings. The van der Waals surface area contributed by atoms with Crippen LogP contribution in [0, 0.1) is 0 Å². The highest BCUT2D eigenvalue weighted by atomic mass is 32.1. The molecule has 0 amide bonds. The summed E-state index contributed by atoms with van der Waals surface area (Å²) in [6.45, 7) is 17.0. The molecule has 0 saturated heterocycles. The molecule has 0 atom stereocenters. The number of nitrogens with zero attached hydrogens (tertiary/aromatic N) is 1. The third-order valence-corrected chi connectivity index (χ3v) is 12.2. The first kappa shape index (κ1) is 29.5. The SMILES string of the molecule is CC(C)(C)c1c2c(c(N(c3ccccc3)c3ccc4c(c3)sc3ccccc34)c3c1-c1ccccc1C3(C)C)C(C)(C)c1ccccc1-2. The number of rotatable bonds is 3. The van der Waals surface area contributed by atoms with Gasteiger partial charge in [0.1, 0.15) is 0 Å². The van der Waals surface area contributed by atoms with Crippen LogP contribution in [0.2, 0.25) is 0 Å². The molecule has 1 aromatic heterocycles. The molecule has 2 aliphatic carbocycles. The Kier molecular flexibility index (Phi) is 6.10. The van der Waals surface area contributed by atoms with E-state index in [1.165, 1.54) is 87.3 Å². The molecule has 0 N–H and O–H groups in total. The number of hydrogen-bond acceptors (Lipinski definition) is 2. The molecule has 0 radical (unpaired) electrons. The van der Waals surface area contributed by atoms with Gasteiger partial charge in [-0.1, -0.05) is 139 Å². The largest absolute Gasteiger partial charge is 0.310 e. The molecule has 7 aromatic rings. The van der Waals surface area contributed by atoms with Crippen LogP contribution < -0.4 is 4.90 Å². The van der Waals surface area contributed by atoms with E-state index in [9.17, 15) is 0 Å². The van der Waals surface area contributed by atoms with E-state index in [4.69, 9.17) is 0 Å². The van der Waals surface area contributed by atoms with Crippen LogP contribution in [0.15, 0.2) is 121 Å². The molecule has 0 aliphatic heterocycles. The second kappa shape index (κ2) is 9.94. The Hall–Kier alpha value is -4.66. The average Bonchev–Trinajstić information content (AvgIpc) is 3.64. The van der Waals surface area contributed by atoms with Gasteiger partial charge in [0.15, 0.2) is 0 Å². The normalized spacial score (nSPS) is 15.3. The first-order valence-corrected chi connectivity index (χ1v) is 18.0. The zero-order valence-corrected chi connectivity index (χ0v) is 29.7. The molecule has 236 valence electrons. The van der Waals surface area contributed by atoms with Gasteiger partial charge in [-0.3, -0.25) is 0 Å². The Balaban J connectivity index is 1.49. The van der Waals surface area contributed by atoms with Crippen molar-refractivity contribution in [3.63, 3.8) is 0 Å². The Labute approximate surface area is 288 Å². The van der Waals surface area contributed by atoms with Crippen LogP contribution in [-0.2, 0) is 16.2 Å². The van der Waals surface area contributed by atoms with Crippen molar-refractivity contribution < 1.29 is 0 Å². The molecule has 6 aromatic carbocycles. The highest BCUT2D eigenvalue weighted by Crippen LogP contribution is 2.65. The van der Waals surface area contributed by atoms with Crippen LogP contribution in [0.5, 0.6) is 0 Å². The first-order valence-electron chi connectivity index (χ1n) is 17.2. The second-order valence-corrected chi connectivity index (χ2v) is 16.8. The smallest absolute Gasteiger partial charge is 0.0556 e. The molecular weight excluding hydrogens is 599 g/mol. The van der Waals surface area contributed by atoms with Crippen molar-refractivity contribution in [3.05, 3.63) is 149 Å². The van der Waals surface area contributed by atoms with Gasteiger partial charge in [-0.15, -0.1) is 11.3 Å². The van der Waals surface area contributed by atoms with Crippen LogP contribution in [-0.4, -0.2) is 0 Å². The molecular formula is C46H41NS. The molecule has 0 bridgehead atoms. The maximum absolute atomic E-state index is 2.61. The lowest BCUT2D eigenvalue weighted by molar-refractivity contribution is 0.587. The van der Waals surface area contributed by atoms with Crippen LogP contribution >= 0.6 is 11.3 Å². The van der Waals surface area contributed by atoms with Gasteiger partial charge in [0.25, 0.3) is 0 Å². The minimum Gasteiger partial charge on any atom is -0.310 e. The monoisotopic (exact) mass is 639 g/mol. The van der Waals surface area contributed by atoms with E-state index in [2.05, 4.69) is 175 Å². The summed E-state index contributed by atoms with van der Waals surface area (Å²) >= 11 is 1.89. The van der Waals surface area contributed by atoms with Gasteiger partial charge in [0.2, 0.25) is 0 Å². The van der Waals surface area contributed by atoms with Crippen molar-refractivity contribution in [3.8, 4) is 22.3 Å². The van der Waals surface area contributed by atoms with Crippen LogP contribution in [0.1, 0.15) is 76.3 Å². The number of para-hydroxylation sites is 1. The lowest BCUT2D eigenvalue weighted by Crippen LogP contribution is -2.27. The Morgan fingerprint density at radius 3 is 1.65 bits per heavy atom. The zero-order valence-electron chi connectivity index (χ0n) is 28.9. The molecule has 1 nitrogen and oxygen atoms in total. The molecule has 0 unspecified atom stereocenters. The van der Waals surface area contributed by atoms with E-state index in [1.54, 1.807) is 0 Å². The second-order valence-electron chi connectivity index (χ2n) is 15.8. The minimum atomic E-state index is -0.212. The molecule has 1 heterocycles. The van der Waals surface area contributed by atoms with Crippen LogP contribution in [0.3, 0.4) is 0 Å². The van der Waals surface area contributed by atoms with Gasteiger partial charge in [-0.2, -0.15) is 0 Å². The van der Waals surface area contributed by atoms with Crippen molar-refractivity contribution in [1.29, 1.82) is 0 Å². The fraction of sp³-hybridized carbons (Fsp3) is 0.217. The summed E-state index contributed by atoms with van der Waals surface area (Å²) in [4.78, 5) is 2.61. The lowest BCUT2D eigenvalue weighted by Gasteiger charge is -2.39. The van der Waals surface area contributed by atoms with Crippen LogP contribution in [0.4, 0.5) is 17.1 Å². The average molecular weight is 640 g/mol. The molecule has 0 fully saturated rings. The summed E-state index contributed by atoms with van der Waals surface area (Å²) in [5.41, 5.74) is 16.0. The van der Waals surface area contributed by atoms with Gasteiger partial charge in [-0.05, 0) is 85.8 Å². The summed E-state index contributed by atoms with van der Waals surface area (Å²) in [5, 5.41) is 2.66. The van der Waals surface area contributed by atoms with Gasteiger partial charge in [0, 0.05) is 42.4 Å². The van der Waals surface area contributed by atoms with E-state index in [1.807, 2.05) is 11.3 Å². The minimum absolute atomic E-state index is 0.0820. The summed E-state index contributed by atoms with van der Waals surface area (Å²) in [7, 11) is 0. The predicted octanol–water partition coefficient (Wildman–Crippen LogP) is 13.4. The third-order valence-electron chi connectivity index (χ3n) is 11.1. The van der Waals surface area contributed by atoms with Crippen molar-refractivity contribution in [1.82, 2.24) is 0 Å². The summed E-state index contributed by atoms with van der Waals surface area (Å²) in [5.74, 6) is 0. The van der Waals surface area contributed by atoms with E-state index in [0.717, 1.165) is 0 Å². The zero-order chi connectivity index (χ0) is 33.2. The first-order chi connectivity index (χ1) is 23.0. The fourth-order valence-electron chi connectivity index (χ4n) is 9.07. The van der Waals surface area contributed by atoms with Crippen molar-refractivity contribution >= 4 is 48.6 Å². The number of thiophene rings is 1. The topological polar surface area (TPSA) is 3.24 Å². The Morgan fingerprint density at radius 2 is 1.04 bits per heavy atom. The molecule has 48 heavy (non-hydrogen) atoms.